The normalized spacial score (nSPS) is 15.2. The van der Waals surface area contributed by atoms with Gasteiger partial charge in [-0.25, -0.2) is 4.99 Å². The van der Waals surface area contributed by atoms with Crippen LogP contribution in [0, 0.1) is 0 Å². The van der Waals surface area contributed by atoms with Gasteiger partial charge in [0.05, 0.1) is 30.0 Å². The van der Waals surface area contributed by atoms with E-state index in [1.54, 1.807) is 35.8 Å². The second-order valence-electron chi connectivity index (χ2n) is 9.24. The van der Waals surface area contributed by atoms with E-state index in [1.165, 1.54) is 11.3 Å². The van der Waals surface area contributed by atoms with Gasteiger partial charge >= 0.3 is 0 Å². The van der Waals surface area contributed by atoms with Crippen molar-refractivity contribution in [2.75, 3.05) is 27.3 Å². The molecule has 0 fully saturated rings. The Labute approximate surface area is 230 Å². The largest absolute Gasteiger partial charge is 0.497 e. The number of carbonyl (C=O) groups is 1. The zero-order chi connectivity index (χ0) is 27.7. The number of nitrogens with zero attached hydrogens (tertiary/aromatic N) is 3. The Balaban J connectivity index is 1.80. The third-order valence-corrected chi connectivity index (χ3v) is 8.13. The maximum atomic E-state index is 14.1. The smallest absolute Gasteiger partial charge is 0.271 e. The van der Waals surface area contributed by atoms with E-state index in [9.17, 15) is 9.59 Å². The number of thiazole rings is 1. The van der Waals surface area contributed by atoms with Crippen LogP contribution < -0.4 is 24.4 Å². The lowest BCUT2D eigenvalue weighted by molar-refractivity contribution is -0.127. The molecule has 3 aromatic carbocycles. The van der Waals surface area contributed by atoms with Crippen LogP contribution in [0.3, 0.4) is 0 Å². The van der Waals surface area contributed by atoms with Crippen LogP contribution in [0.1, 0.15) is 37.9 Å². The fourth-order valence-corrected chi connectivity index (χ4v) is 6.18. The minimum Gasteiger partial charge on any atom is -0.497 e. The highest BCUT2D eigenvalue weighted by atomic mass is 32.1. The third kappa shape index (κ3) is 4.65. The van der Waals surface area contributed by atoms with E-state index >= 15 is 0 Å². The molecule has 7 nitrogen and oxygen atoms in total. The molecule has 1 unspecified atom stereocenters. The molecule has 4 aromatic rings. The summed E-state index contributed by atoms with van der Waals surface area (Å²) in [6, 6.07) is 18.8. The maximum absolute atomic E-state index is 14.1. The molecule has 1 aliphatic rings. The van der Waals surface area contributed by atoms with Crippen LogP contribution in [0.5, 0.6) is 11.5 Å². The van der Waals surface area contributed by atoms with E-state index in [4.69, 9.17) is 14.5 Å². The highest BCUT2D eigenvalue weighted by Crippen LogP contribution is 2.38. The summed E-state index contributed by atoms with van der Waals surface area (Å²) in [5.41, 5.74) is 2.44. The first-order chi connectivity index (χ1) is 18.9. The van der Waals surface area contributed by atoms with Crippen LogP contribution in [0.25, 0.3) is 16.8 Å². The van der Waals surface area contributed by atoms with Crippen LogP contribution in [0.15, 0.2) is 81.7 Å². The van der Waals surface area contributed by atoms with Crippen molar-refractivity contribution in [3.63, 3.8) is 0 Å². The number of ether oxygens (including phenoxy) is 2. The third-order valence-electron chi connectivity index (χ3n) is 7.14. The Morgan fingerprint density at radius 2 is 1.79 bits per heavy atom. The predicted octanol–water partition coefficient (Wildman–Crippen LogP) is 4.27. The van der Waals surface area contributed by atoms with Crippen molar-refractivity contribution in [1.29, 1.82) is 0 Å². The molecule has 5 rings (SSSR count). The van der Waals surface area contributed by atoms with Gasteiger partial charge in [0.2, 0.25) is 0 Å². The number of benzene rings is 3. The molecule has 1 amide bonds. The molecule has 1 aromatic heterocycles. The molecule has 1 atom stereocenters. The lowest BCUT2D eigenvalue weighted by Crippen LogP contribution is -2.43. The highest BCUT2D eigenvalue weighted by molar-refractivity contribution is 7.07. The van der Waals surface area contributed by atoms with E-state index in [0.29, 0.717) is 50.8 Å². The Morgan fingerprint density at radius 1 is 1.05 bits per heavy atom. The molecule has 0 aliphatic carbocycles. The molecule has 0 N–H and O–H groups in total. The minimum absolute atomic E-state index is 0.153. The Bertz CT molecular complexity index is 1770. The average molecular weight is 542 g/mol. The summed E-state index contributed by atoms with van der Waals surface area (Å²) in [4.78, 5) is 35.1. The highest BCUT2D eigenvalue weighted by Gasteiger charge is 2.36. The molecule has 0 saturated heterocycles. The monoisotopic (exact) mass is 541 g/mol. The molecule has 0 saturated carbocycles. The standard InChI is InChI=1S/C31H31N3O4S/c1-6-33(7-2)30(36)27-19(3)32-31-34(28(27)24-18-22(37-4)15-16-25(24)38-5)29(35)26(39-31)17-21-13-10-12-20-11-8-9-14-23(20)21/h8-18,28H,6-7H2,1-5H3. The zero-order valence-electron chi connectivity index (χ0n) is 22.7. The summed E-state index contributed by atoms with van der Waals surface area (Å²) >= 11 is 1.32. The summed E-state index contributed by atoms with van der Waals surface area (Å²) in [6.07, 6.45) is 1.91. The van der Waals surface area contributed by atoms with Gasteiger partial charge in [-0.05, 0) is 61.4 Å². The summed E-state index contributed by atoms with van der Waals surface area (Å²) < 4.78 is 13.4. The van der Waals surface area contributed by atoms with Gasteiger partial charge in [0, 0.05) is 18.7 Å². The Hall–Kier alpha value is -4.17. The molecule has 0 bridgehead atoms. The fourth-order valence-electron chi connectivity index (χ4n) is 5.14. The number of hydrogen-bond acceptors (Lipinski definition) is 6. The first-order valence-corrected chi connectivity index (χ1v) is 13.7. The molecule has 0 radical (unpaired) electrons. The van der Waals surface area contributed by atoms with Gasteiger partial charge in [0.25, 0.3) is 11.5 Å². The second kappa shape index (κ2) is 10.9. The SMILES string of the molecule is CCN(CC)C(=O)C1=C(C)N=c2sc(=Cc3cccc4ccccc34)c(=O)n2C1c1cc(OC)ccc1OC. The quantitative estimate of drug-likeness (QED) is 0.350. The van der Waals surface area contributed by atoms with Crippen LogP contribution in [0.2, 0.25) is 0 Å². The fraction of sp³-hybridized carbons (Fsp3) is 0.258. The topological polar surface area (TPSA) is 73.1 Å². The van der Waals surface area contributed by atoms with Crippen molar-refractivity contribution in [3.05, 3.63) is 103 Å². The lowest BCUT2D eigenvalue weighted by atomic mass is 9.93. The van der Waals surface area contributed by atoms with Crippen molar-refractivity contribution in [1.82, 2.24) is 9.47 Å². The van der Waals surface area contributed by atoms with E-state index in [0.717, 1.165) is 16.3 Å². The number of carbonyl (C=O) groups excluding carboxylic acids is 1. The van der Waals surface area contributed by atoms with Crippen molar-refractivity contribution in [3.8, 4) is 11.5 Å². The number of methoxy groups -OCH3 is 2. The van der Waals surface area contributed by atoms with Gasteiger partial charge in [-0.1, -0.05) is 53.8 Å². The first kappa shape index (κ1) is 26.4. The maximum Gasteiger partial charge on any atom is 0.271 e. The van der Waals surface area contributed by atoms with E-state index < -0.39 is 6.04 Å². The molecule has 200 valence electrons. The van der Waals surface area contributed by atoms with E-state index in [-0.39, 0.29) is 11.5 Å². The number of allylic oxidation sites excluding steroid dienone is 1. The van der Waals surface area contributed by atoms with Crippen LogP contribution in [0.4, 0.5) is 0 Å². The molecular weight excluding hydrogens is 510 g/mol. The van der Waals surface area contributed by atoms with Crippen LogP contribution >= 0.6 is 11.3 Å². The number of fused-ring (bicyclic) bond motifs is 2. The van der Waals surface area contributed by atoms with Crippen molar-refractivity contribution < 1.29 is 14.3 Å². The van der Waals surface area contributed by atoms with Gasteiger partial charge in [-0.15, -0.1) is 0 Å². The molecule has 8 heteroatoms. The van der Waals surface area contributed by atoms with Gasteiger partial charge in [0.1, 0.15) is 17.5 Å². The van der Waals surface area contributed by atoms with Crippen molar-refractivity contribution in [2.24, 2.45) is 4.99 Å². The van der Waals surface area contributed by atoms with Crippen molar-refractivity contribution >= 4 is 34.1 Å². The number of amides is 1. The summed E-state index contributed by atoms with van der Waals surface area (Å²) in [5, 5.41) is 2.16. The molecular formula is C31H31N3O4S. The summed E-state index contributed by atoms with van der Waals surface area (Å²) in [6.45, 7) is 6.80. The van der Waals surface area contributed by atoms with Gasteiger partial charge in [-0.3, -0.25) is 14.2 Å². The van der Waals surface area contributed by atoms with E-state index in [2.05, 4.69) is 12.1 Å². The number of rotatable bonds is 7. The zero-order valence-corrected chi connectivity index (χ0v) is 23.5. The Kier molecular flexibility index (Phi) is 7.39. The van der Waals surface area contributed by atoms with E-state index in [1.807, 2.05) is 63.2 Å². The summed E-state index contributed by atoms with van der Waals surface area (Å²) in [5.74, 6) is 1.01. The van der Waals surface area contributed by atoms with Crippen molar-refractivity contribution in [2.45, 2.75) is 26.8 Å². The first-order valence-electron chi connectivity index (χ1n) is 12.9. The minimum atomic E-state index is -0.728. The predicted molar refractivity (Wildman–Crippen MR) is 155 cm³/mol. The number of aromatic nitrogens is 1. The average Bonchev–Trinajstić information content (AvgIpc) is 3.26. The molecule has 1 aliphatic heterocycles. The number of hydrogen-bond donors (Lipinski definition) is 0. The van der Waals surface area contributed by atoms with Crippen LogP contribution in [-0.2, 0) is 4.79 Å². The molecule has 2 heterocycles. The lowest BCUT2D eigenvalue weighted by Gasteiger charge is -2.30. The second-order valence-corrected chi connectivity index (χ2v) is 10.2. The Morgan fingerprint density at radius 3 is 2.51 bits per heavy atom. The van der Waals surface area contributed by atoms with Gasteiger partial charge in [-0.2, -0.15) is 0 Å². The number of likely N-dealkylation sites (N-methyl/N-ethyl adjacent to an activating group) is 1. The van der Waals surface area contributed by atoms with Gasteiger partial charge in [0.15, 0.2) is 4.80 Å². The van der Waals surface area contributed by atoms with Crippen LogP contribution in [-0.4, -0.2) is 42.7 Å². The summed E-state index contributed by atoms with van der Waals surface area (Å²) in [7, 11) is 3.17. The molecule has 0 spiro atoms. The van der Waals surface area contributed by atoms with Gasteiger partial charge < -0.3 is 14.4 Å². The molecule has 39 heavy (non-hydrogen) atoms.